The van der Waals surface area contributed by atoms with E-state index in [4.69, 9.17) is 0 Å². The molecule has 2 N–H and O–H groups in total. The zero-order valence-electron chi connectivity index (χ0n) is 15.2. The maximum absolute atomic E-state index is 13.0. The molecule has 0 heterocycles. The molecule has 6 heteroatoms. The number of carboxylic acid groups (broad SMARTS) is 1. The zero-order valence-corrected chi connectivity index (χ0v) is 15.2. The Kier molecular flexibility index (Phi) is 6.33. The lowest BCUT2D eigenvalue weighted by atomic mass is 9.96. The van der Waals surface area contributed by atoms with E-state index in [0.717, 1.165) is 16.3 Å². The van der Waals surface area contributed by atoms with Gasteiger partial charge >= 0.3 is 5.97 Å². The van der Waals surface area contributed by atoms with E-state index in [0.29, 0.717) is 0 Å². The zero-order chi connectivity index (χ0) is 19.3. The summed E-state index contributed by atoms with van der Waals surface area (Å²) in [5.41, 5.74) is 0.829. The van der Waals surface area contributed by atoms with Gasteiger partial charge in [0.25, 0.3) is 0 Å². The minimum atomic E-state index is -1.08. The van der Waals surface area contributed by atoms with Crippen LogP contribution in [0.15, 0.2) is 42.5 Å². The van der Waals surface area contributed by atoms with Crippen LogP contribution in [0.1, 0.15) is 32.3 Å². The number of benzene rings is 2. The van der Waals surface area contributed by atoms with Gasteiger partial charge in [-0.15, -0.1) is 0 Å². The lowest BCUT2D eigenvalue weighted by molar-refractivity contribution is -0.149. The van der Waals surface area contributed by atoms with Crippen molar-refractivity contribution in [1.29, 1.82) is 0 Å². The van der Waals surface area contributed by atoms with Crippen LogP contribution in [0.2, 0.25) is 0 Å². The van der Waals surface area contributed by atoms with E-state index >= 15 is 0 Å². The van der Waals surface area contributed by atoms with Gasteiger partial charge in [-0.3, -0.25) is 9.59 Å². The highest BCUT2D eigenvalue weighted by Crippen LogP contribution is 2.24. The van der Waals surface area contributed by atoms with Gasteiger partial charge in [-0.2, -0.15) is 0 Å². The van der Waals surface area contributed by atoms with E-state index in [2.05, 4.69) is 5.32 Å². The number of carbonyl (C=O) groups is 3. The van der Waals surface area contributed by atoms with E-state index in [1.165, 1.54) is 18.7 Å². The fourth-order valence-electron chi connectivity index (χ4n) is 2.85. The molecule has 26 heavy (non-hydrogen) atoms. The van der Waals surface area contributed by atoms with Crippen LogP contribution in [0.5, 0.6) is 0 Å². The third-order valence-corrected chi connectivity index (χ3v) is 4.48. The summed E-state index contributed by atoms with van der Waals surface area (Å²) in [5, 5.41) is 14.0. The van der Waals surface area contributed by atoms with Crippen LogP contribution >= 0.6 is 0 Å². The number of fused-ring (bicyclic) bond motifs is 1. The Hall–Kier alpha value is -2.89. The number of hydrogen-bond donors (Lipinski definition) is 2. The summed E-state index contributed by atoms with van der Waals surface area (Å²) in [5.74, 6) is -2.06. The maximum Gasteiger partial charge on any atom is 0.326 e. The summed E-state index contributed by atoms with van der Waals surface area (Å²) in [6.45, 7) is 4.98. The van der Waals surface area contributed by atoms with Crippen LogP contribution in [0.3, 0.4) is 0 Å². The highest BCUT2D eigenvalue weighted by molar-refractivity contribution is 5.90. The fourth-order valence-corrected chi connectivity index (χ4v) is 2.85. The number of hydrogen-bond acceptors (Lipinski definition) is 3. The topological polar surface area (TPSA) is 86.7 Å². The fraction of sp³-hybridized carbons (Fsp3) is 0.350. The van der Waals surface area contributed by atoms with Gasteiger partial charge in [0.05, 0.1) is 5.92 Å². The van der Waals surface area contributed by atoms with Crippen molar-refractivity contribution in [3.63, 3.8) is 0 Å². The molecule has 6 nitrogen and oxygen atoms in total. The minimum Gasteiger partial charge on any atom is -0.480 e. The van der Waals surface area contributed by atoms with Crippen molar-refractivity contribution in [3.05, 3.63) is 48.0 Å². The Labute approximate surface area is 152 Å². The van der Waals surface area contributed by atoms with Gasteiger partial charge in [0, 0.05) is 20.0 Å². The largest absolute Gasteiger partial charge is 0.480 e. The second-order valence-corrected chi connectivity index (χ2v) is 6.36. The van der Waals surface area contributed by atoms with Crippen LogP contribution in [0.4, 0.5) is 0 Å². The van der Waals surface area contributed by atoms with Gasteiger partial charge in [-0.1, -0.05) is 42.5 Å². The molecule has 0 aliphatic carbocycles. The smallest absolute Gasteiger partial charge is 0.326 e. The summed E-state index contributed by atoms with van der Waals surface area (Å²) in [6.07, 6.45) is 0. The number of carboxylic acids is 1. The molecule has 0 aromatic heterocycles. The molecule has 2 rings (SSSR count). The van der Waals surface area contributed by atoms with Crippen LogP contribution in [0, 0.1) is 0 Å². The first-order chi connectivity index (χ1) is 12.3. The molecule has 2 unspecified atom stereocenters. The average molecular weight is 356 g/mol. The molecule has 2 aromatic rings. The monoisotopic (exact) mass is 356 g/mol. The molecule has 2 aromatic carbocycles. The van der Waals surface area contributed by atoms with Crippen molar-refractivity contribution in [2.75, 3.05) is 13.1 Å². The first-order valence-corrected chi connectivity index (χ1v) is 8.57. The highest BCUT2D eigenvalue weighted by Gasteiger charge is 2.29. The summed E-state index contributed by atoms with van der Waals surface area (Å²) >= 11 is 0. The number of nitrogens with zero attached hydrogens (tertiary/aromatic N) is 1. The maximum atomic E-state index is 13.0. The third kappa shape index (κ3) is 4.59. The number of amides is 2. The van der Waals surface area contributed by atoms with Crippen molar-refractivity contribution >= 4 is 28.6 Å². The van der Waals surface area contributed by atoms with Crippen LogP contribution < -0.4 is 5.32 Å². The van der Waals surface area contributed by atoms with Crippen molar-refractivity contribution in [2.24, 2.45) is 0 Å². The van der Waals surface area contributed by atoms with Crippen LogP contribution in [-0.2, 0) is 14.4 Å². The predicted molar refractivity (Wildman–Crippen MR) is 99.9 cm³/mol. The lowest BCUT2D eigenvalue weighted by Crippen LogP contribution is -2.48. The molecule has 0 aliphatic heterocycles. The molecular formula is C20H24N2O4. The van der Waals surface area contributed by atoms with E-state index in [9.17, 15) is 19.5 Å². The van der Waals surface area contributed by atoms with Crippen LogP contribution in [-0.4, -0.2) is 46.9 Å². The number of rotatable bonds is 7. The van der Waals surface area contributed by atoms with Gasteiger partial charge < -0.3 is 15.3 Å². The van der Waals surface area contributed by atoms with E-state index in [-0.39, 0.29) is 24.9 Å². The predicted octanol–water partition coefficient (Wildman–Crippen LogP) is 2.38. The molecule has 0 saturated heterocycles. The second kappa shape index (κ2) is 8.47. The van der Waals surface area contributed by atoms with Crippen molar-refractivity contribution in [3.8, 4) is 0 Å². The first kappa shape index (κ1) is 19.4. The van der Waals surface area contributed by atoms with E-state index in [1.54, 1.807) is 6.92 Å². The molecule has 0 saturated carbocycles. The van der Waals surface area contributed by atoms with Gasteiger partial charge in [0.1, 0.15) is 6.04 Å². The molecule has 2 atom stereocenters. The molecule has 0 spiro atoms. The van der Waals surface area contributed by atoms with Gasteiger partial charge in [0.2, 0.25) is 11.8 Å². The first-order valence-electron chi connectivity index (χ1n) is 8.57. The molecule has 0 bridgehead atoms. The van der Waals surface area contributed by atoms with Gasteiger partial charge in [-0.25, -0.2) is 4.79 Å². The Balaban J connectivity index is 2.23. The number of carbonyl (C=O) groups excluding carboxylic acids is 2. The normalized spacial score (nSPS) is 13.0. The van der Waals surface area contributed by atoms with Gasteiger partial charge in [0.15, 0.2) is 0 Å². The minimum absolute atomic E-state index is 0.143. The van der Waals surface area contributed by atoms with Crippen molar-refractivity contribution < 1.29 is 19.5 Å². The highest BCUT2D eigenvalue weighted by atomic mass is 16.4. The Morgan fingerprint density at radius 3 is 2.35 bits per heavy atom. The molecular weight excluding hydrogens is 332 g/mol. The van der Waals surface area contributed by atoms with Crippen molar-refractivity contribution in [1.82, 2.24) is 10.2 Å². The summed E-state index contributed by atoms with van der Waals surface area (Å²) in [7, 11) is 0. The lowest BCUT2D eigenvalue weighted by Gasteiger charge is -2.29. The summed E-state index contributed by atoms with van der Waals surface area (Å²) in [6, 6.07) is 12.7. The second-order valence-electron chi connectivity index (χ2n) is 6.36. The molecule has 0 fully saturated rings. The molecule has 138 valence electrons. The van der Waals surface area contributed by atoms with E-state index in [1.807, 2.05) is 42.5 Å². The SMILES string of the molecule is CC(=O)NCCN(C(=O)C(C)c1ccc2ccccc2c1)C(C)C(=O)O. The quantitative estimate of drug-likeness (QED) is 0.797. The Morgan fingerprint density at radius 2 is 1.73 bits per heavy atom. The third-order valence-electron chi connectivity index (χ3n) is 4.48. The summed E-state index contributed by atoms with van der Waals surface area (Å²) in [4.78, 5) is 36.7. The van der Waals surface area contributed by atoms with Crippen molar-refractivity contribution in [2.45, 2.75) is 32.7 Å². The average Bonchev–Trinajstić information content (AvgIpc) is 2.62. The number of nitrogens with one attached hydrogen (secondary N) is 1. The Morgan fingerprint density at radius 1 is 1.08 bits per heavy atom. The molecule has 0 aliphatic rings. The standard InChI is InChI=1S/C20H24N2O4/c1-13(17-9-8-16-6-4-5-7-18(16)12-17)19(24)22(14(2)20(25)26)11-10-21-15(3)23/h4-9,12-14H,10-11H2,1-3H3,(H,21,23)(H,25,26). The molecule has 0 radical (unpaired) electrons. The van der Waals surface area contributed by atoms with Crippen LogP contribution in [0.25, 0.3) is 10.8 Å². The Bertz CT molecular complexity index is 818. The summed E-state index contributed by atoms with van der Waals surface area (Å²) < 4.78 is 0. The van der Waals surface area contributed by atoms with Gasteiger partial charge in [-0.05, 0) is 30.2 Å². The molecule has 2 amide bonds. The number of aliphatic carboxylic acids is 1. The van der Waals surface area contributed by atoms with E-state index < -0.39 is 17.9 Å².